The van der Waals surface area contributed by atoms with Gasteiger partial charge in [-0.25, -0.2) is 4.79 Å². The van der Waals surface area contributed by atoms with E-state index in [0.717, 1.165) is 0 Å². The zero-order valence-electron chi connectivity index (χ0n) is 4.09. The summed E-state index contributed by atoms with van der Waals surface area (Å²) in [5.74, 6) is -1.19. The van der Waals surface area contributed by atoms with Gasteiger partial charge < -0.3 is 10.2 Å². The Hall–Kier alpha value is 0.196. The van der Waals surface area contributed by atoms with Gasteiger partial charge in [-0.3, -0.25) is 0 Å². The zero-order valence-corrected chi connectivity index (χ0v) is 5.50. The number of carboxylic acids is 1. The minimum absolute atomic E-state index is 0. The predicted molar refractivity (Wildman–Crippen MR) is 25.1 cm³/mol. The molecule has 0 bridgehead atoms. The molecule has 0 aromatic heterocycles. The molecule has 0 aliphatic heterocycles. The Kier molecular flexibility index (Phi) is 6.37. The van der Waals surface area contributed by atoms with Crippen LogP contribution in [0.25, 0.3) is 0 Å². The zero-order chi connectivity index (χ0) is 5.15. The van der Waals surface area contributed by atoms with E-state index in [1.165, 1.54) is 6.92 Å². The summed E-state index contributed by atoms with van der Waals surface area (Å²) < 4.78 is 0. The molecule has 3 nitrogen and oxygen atoms in total. The second-order valence-electron chi connectivity index (χ2n) is 1.01. The Morgan fingerprint density at radius 3 is 1.86 bits per heavy atom. The van der Waals surface area contributed by atoms with Crippen molar-refractivity contribution in [1.29, 1.82) is 0 Å². The number of hydrogen-bond acceptors (Lipinski definition) is 2. The van der Waals surface area contributed by atoms with E-state index in [9.17, 15) is 4.79 Å². The number of aliphatic hydroxyl groups excluding tert-OH is 1. The number of rotatable bonds is 1. The molecule has 1 unspecified atom stereocenters. The van der Waals surface area contributed by atoms with E-state index < -0.39 is 12.1 Å². The summed E-state index contributed by atoms with van der Waals surface area (Å²) in [5, 5.41) is 15.8. The van der Waals surface area contributed by atoms with Crippen molar-refractivity contribution in [3.8, 4) is 0 Å². The van der Waals surface area contributed by atoms with Crippen LogP contribution >= 0.6 is 0 Å². The molecule has 36 valence electrons. The first-order valence-corrected chi connectivity index (χ1v) is 1.55. The van der Waals surface area contributed by atoms with Crippen LogP contribution in [0, 0.1) is 0 Å². The third-order valence-electron chi connectivity index (χ3n) is 0.357. The van der Waals surface area contributed by atoms with Gasteiger partial charge in [-0.2, -0.15) is 0 Å². The molecular formula is C3H6MgO3+2. The number of aliphatic carboxylic acids is 1. The number of hydrogen-bond donors (Lipinski definition) is 2. The van der Waals surface area contributed by atoms with Crippen molar-refractivity contribution in [2.24, 2.45) is 0 Å². The molecule has 0 saturated heterocycles. The van der Waals surface area contributed by atoms with Crippen molar-refractivity contribution < 1.29 is 15.0 Å². The third-order valence-corrected chi connectivity index (χ3v) is 0.357. The average Bonchev–Trinajstić information content (AvgIpc) is 1.36. The summed E-state index contributed by atoms with van der Waals surface area (Å²) in [7, 11) is 0. The largest absolute Gasteiger partial charge is 2.00 e. The maximum Gasteiger partial charge on any atom is 2.00 e. The monoisotopic (exact) mass is 114 g/mol. The minimum Gasteiger partial charge on any atom is -0.479 e. The molecule has 0 radical (unpaired) electrons. The van der Waals surface area contributed by atoms with Gasteiger partial charge in [0, 0.05) is 0 Å². The Morgan fingerprint density at radius 1 is 1.71 bits per heavy atom. The number of aliphatic hydroxyl groups is 1. The van der Waals surface area contributed by atoms with E-state index in [2.05, 4.69) is 0 Å². The van der Waals surface area contributed by atoms with Crippen molar-refractivity contribution in [2.75, 3.05) is 0 Å². The summed E-state index contributed by atoms with van der Waals surface area (Å²) in [6.07, 6.45) is -1.23. The van der Waals surface area contributed by atoms with Gasteiger partial charge in [0.2, 0.25) is 0 Å². The standard InChI is InChI=1S/C3H6O3.Mg/c1-2(4)3(5)6;/h2,4H,1H3,(H,5,6);/q;+2. The van der Waals surface area contributed by atoms with Gasteiger partial charge in [-0.1, -0.05) is 0 Å². The van der Waals surface area contributed by atoms with Gasteiger partial charge in [-0.05, 0) is 6.92 Å². The Bertz CT molecular complexity index is 61.2. The van der Waals surface area contributed by atoms with E-state index in [4.69, 9.17) is 10.2 Å². The average molecular weight is 114 g/mol. The summed E-state index contributed by atoms with van der Waals surface area (Å²) in [4.78, 5) is 9.45. The van der Waals surface area contributed by atoms with Crippen molar-refractivity contribution in [3.63, 3.8) is 0 Å². The molecule has 2 N–H and O–H groups in total. The van der Waals surface area contributed by atoms with Crippen LogP contribution in [-0.4, -0.2) is 45.3 Å². The van der Waals surface area contributed by atoms with Crippen LogP contribution in [0.15, 0.2) is 0 Å². The van der Waals surface area contributed by atoms with E-state index >= 15 is 0 Å². The van der Waals surface area contributed by atoms with Crippen LogP contribution < -0.4 is 0 Å². The van der Waals surface area contributed by atoms with Crippen LogP contribution in [0.4, 0.5) is 0 Å². The summed E-state index contributed by atoms with van der Waals surface area (Å²) in [6.45, 7) is 1.20. The van der Waals surface area contributed by atoms with Gasteiger partial charge in [0.05, 0.1) is 0 Å². The first kappa shape index (κ1) is 10.2. The van der Waals surface area contributed by atoms with E-state index in [1.807, 2.05) is 0 Å². The summed E-state index contributed by atoms with van der Waals surface area (Å²) >= 11 is 0. The fraction of sp³-hybridized carbons (Fsp3) is 0.667. The maximum absolute atomic E-state index is 9.45. The van der Waals surface area contributed by atoms with Gasteiger partial charge in [0.15, 0.2) is 0 Å². The third kappa shape index (κ3) is 6.20. The van der Waals surface area contributed by atoms with Gasteiger partial charge in [0.25, 0.3) is 0 Å². The van der Waals surface area contributed by atoms with Crippen LogP contribution in [-0.2, 0) is 4.79 Å². The molecule has 0 fully saturated rings. The van der Waals surface area contributed by atoms with Gasteiger partial charge in [0.1, 0.15) is 6.10 Å². The molecule has 4 heteroatoms. The molecule has 0 heterocycles. The van der Waals surface area contributed by atoms with Crippen molar-refractivity contribution in [1.82, 2.24) is 0 Å². The fourth-order valence-electron chi connectivity index (χ4n) is 0. The molecule has 0 saturated carbocycles. The molecule has 0 rings (SSSR count). The molecule has 0 amide bonds. The number of carboxylic acid groups (broad SMARTS) is 1. The van der Waals surface area contributed by atoms with Crippen LogP contribution in [0.3, 0.4) is 0 Å². The Balaban J connectivity index is 0. The summed E-state index contributed by atoms with van der Waals surface area (Å²) in [5.41, 5.74) is 0. The normalized spacial score (nSPS) is 11.7. The SMILES string of the molecule is CC(O)C(=O)O.[Mg+2]. The topological polar surface area (TPSA) is 57.5 Å². The van der Waals surface area contributed by atoms with Crippen LogP contribution in [0.1, 0.15) is 6.92 Å². The second kappa shape index (κ2) is 4.36. The molecule has 0 aromatic carbocycles. The molecule has 0 aliphatic rings. The van der Waals surface area contributed by atoms with Crippen molar-refractivity contribution >= 4 is 29.0 Å². The fourth-order valence-corrected chi connectivity index (χ4v) is 0. The molecule has 0 spiro atoms. The van der Waals surface area contributed by atoms with E-state index in [1.54, 1.807) is 0 Å². The smallest absolute Gasteiger partial charge is 0.479 e. The van der Waals surface area contributed by atoms with Crippen LogP contribution in [0.5, 0.6) is 0 Å². The molecule has 1 atom stereocenters. The Morgan fingerprint density at radius 2 is 1.86 bits per heavy atom. The Labute approximate surface area is 57.5 Å². The van der Waals surface area contributed by atoms with Gasteiger partial charge in [-0.15, -0.1) is 0 Å². The first-order chi connectivity index (χ1) is 2.64. The number of carbonyl (C=O) groups is 1. The first-order valence-electron chi connectivity index (χ1n) is 1.55. The molecule has 7 heavy (non-hydrogen) atoms. The molecular weight excluding hydrogens is 108 g/mol. The van der Waals surface area contributed by atoms with Crippen LogP contribution in [0.2, 0.25) is 0 Å². The molecule has 0 aromatic rings. The van der Waals surface area contributed by atoms with Crippen molar-refractivity contribution in [2.45, 2.75) is 13.0 Å². The molecule has 0 aliphatic carbocycles. The van der Waals surface area contributed by atoms with Gasteiger partial charge >= 0.3 is 29.0 Å². The van der Waals surface area contributed by atoms with Crippen molar-refractivity contribution in [3.05, 3.63) is 0 Å². The van der Waals surface area contributed by atoms with E-state index in [-0.39, 0.29) is 23.1 Å². The predicted octanol–water partition coefficient (Wildman–Crippen LogP) is -0.929. The second-order valence-corrected chi connectivity index (χ2v) is 1.01. The quantitative estimate of drug-likeness (QED) is 0.433. The van der Waals surface area contributed by atoms with E-state index in [0.29, 0.717) is 0 Å². The maximum atomic E-state index is 9.45. The summed E-state index contributed by atoms with van der Waals surface area (Å²) in [6, 6.07) is 0. The minimum atomic E-state index is -1.23.